The van der Waals surface area contributed by atoms with E-state index in [1.54, 1.807) is 34.1 Å². The van der Waals surface area contributed by atoms with Crippen LogP contribution in [-0.4, -0.2) is 57.9 Å². The lowest BCUT2D eigenvalue weighted by Crippen LogP contribution is -2.39. The molecule has 0 radical (unpaired) electrons. The van der Waals surface area contributed by atoms with Crippen molar-refractivity contribution in [3.05, 3.63) is 53.6 Å². The Morgan fingerprint density at radius 3 is 2.64 bits per heavy atom. The Labute approximate surface area is 150 Å². The normalized spacial score (nSPS) is 14.8. The van der Waals surface area contributed by atoms with Crippen LogP contribution < -0.4 is 5.32 Å². The van der Waals surface area contributed by atoms with Gasteiger partial charge in [-0.05, 0) is 24.6 Å². The van der Waals surface area contributed by atoms with E-state index in [-0.39, 0.29) is 11.9 Å². The largest absolute Gasteiger partial charge is 0.335 e. The van der Waals surface area contributed by atoms with E-state index in [0.717, 1.165) is 0 Å². The molecule has 8 heteroatoms. The molecule has 0 aliphatic carbocycles. The highest BCUT2D eigenvalue weighted by atomic mass is 35.5. The molecule has 7 nitrogen and oxygen atoms in total. The van der Waals surface area contributed by atoms with E-state index in [1.807, 2.05) is 0 Å². The molecule has 0 unspecified atom stereocenters. The Kier molecular flexibility index (Phi) is 5.45. The van der Waals surface area contributed by atoms with Crippen LogP contribution in [0.5, 0.6) is 0 Å². The molecule has 3 amide bonds. The van der Waals surface area contributed by atoms with Gasteiger partial charge in [0.15, 0.2) is 0 Å². The van der Waals surface area contributed by atoms with Crippen LogP contribution >= 0.6 is 11.6 Å². The molecule has 0 spiro atoms. The summed E-state index contributed by atoms with van der Waals surface area (Å²) >= 11 is 5.93. The van der Waals surface area contributed by atoms with Gasteiger partial charge in [-0.1, -0.05) is 17.7 Å². The fourth-order valence-electron chi connectivity index (χ4n) is 2.66. The van der Waals surface area contributed by atoms with Gasteiger partial charge in [0.2, 0.25) is 0 Å². The van der Waals surface area contributed by atoms with Crippen LogP contribution in [0.15, 0.2) is 42.9 Å². The van der Waals surface area contributed by atoms with Gasteiger partial charge < -0.3 is 15.1 Å². The topological polar surface area (TPSA) is 78.4 Å². The first-order chi connectivity index (χ1) is 12.1. The van der Waals surface area contributed by atoms with Crippen molar-refractivity contribution in [3.63, 3.8) is 0 Å². The standard InChI is InChI=1S/C17H18ClN5O2/c18-13-3-1-4-14(11-13)21-17(25)23-8-2-7-22(9-10-23)16(24)15-12-19-5-6-20-15/h1,3-6,11-12H,2,7-10H2,(H,21,25). The summed E-state index contributed by atoms with van der Waals surface area (Å²) in [5.41, 5.74) is 0.966. The van der Waals surface area contributed by atoms with Crippen LogP contribution in [0, 0.1) is 0 Å². The molecule has 1 aliphatic rings. The number of benzene rings is 1. The van der Waals surface area contributed by atoms with Crippen molar-refractivity contribution in [2.75, 3.05) is 31.5 Å². The Morgan fingerprint density at radius 2 is 1.88 bits per heavy atom. The number of hydrogen-bond donors (Lipinski definition) is 1. The van der Waals surface area contributed by atoms with E-state index in [9.17, 15) is 9.59 Å². The molecule has 1 aromatic carbocycles. The number of nitrogens with zero attached hydrogens (tertiary/aromatic N) is 4. The van der Waals surface area contributed by atoms with Crippen LogP contribution in [0.3, 0.4) is 0 Å². The summed E-state index contributed by atoms with van der Waals surface area (Å²) in [7, 11) is 0. The SMILES string of the molecule is O=C(Nc1cccc(Cl)c1)N1CCCN(C(=O)c2cnccn2)CC1. The van der Waals surface area contributed by atoms with Gasteiger partial charge in [0.05, 0.1) is 6.20 Å². The van der Waals surface area contributed by atoms with E-state index >= 15 is 0 Å². The smallest absolute Gasteiger partial charge is 0.321 e. The molecule has 0 atom stereocenters. The molecule has 25 heavy (non-hydrogen) atoms. The van der Waals surface area contributed by atoms with Crippen LogP contribution in [0.25, 0.3) is 0 Å². The van der Waals surface area contributed by atoms with Gasteiger partial charge >= 0.3 is 6.03 Å². The Morgan fingerprint density at radius 1 is 1.08 bits per heavy atom. The Bertz CT molecular complexity index is 756. The summed E-state index contributed by atoms with van der Waals surface area (Å²) in [5, 5.41) is 3.40. The molecule has 2 heterocycles. The quantitative estimate of drug-likeness (QED) is 0.893. The van der Waals surface area contributed by atoms with Gasteiger partial charge in [-0.25, -0.2) is 9.78 Å². The van der Waals surface area contributed by atoms with Crippen LogP contribution in [0.2, 0.25) is 5.02 Å². The zero-order chi connectivity index (χ0) is 17.6. The number of aromatic nitrogens is 2. The second-order valence-corrected chi connectivity index (χ2v) is 6.10. The summed E-state index contributed by atoms with van der Waals surface area (Å²) in [5.74, 6) is -0.162. The average Bonchev–Trinajstić information content (AvgIpc) is 2.88. The minimum absolute atomic E-state index is 0.162. The number of urea groups is 1. The summed E-state index contributed by atoms with van der Waals surface area (Å²) < 4.78 is 0. The predicted octanol–water partition coefficient (Wildman–Crippen LogP) is 2.51. The second kappa shape index (κ2) is 7.94. The van der Waals surface area contributed by atoms with Crippen molar-refractivity contribution in [3.8, 4) is 0 Å². The van der Waals surface area contributed by atoms with Crippen molar-refractivity contribution in [1.82, 2.24) is 19.8 Å². The lowest BCUT2D eigenvalue weighted by molar-refractivity contribution is 0.0756. The number of anilines is 1. The summed E-state index contributed by atoms with van der Waals surface area (Å²) in [6, 6.07) is 6.81. The highest BCUT2D eigenvalue weighted by Gasteiger charge is 2.23. The number of halogens is 1. The van der Waals surface area contributed by atoms with Gasteiger partial charge in [-0.15, -0.1) is 0 Å². The lowest BCUT2D eigenvalue weighted by atomic mass is 10.3. The Hall–Kier alpha value is -2.67. The van der Waals surface area contributed by atoms with E-state index < -0.39 is 0 Å². The summed E-state index contributed by atoms with van der Waals surface area (Å²) in [6.45, 7) is 2.07. The highest BCUT2D eigenvalue weighted by molar-refractivity contribution is 6.30. The van der Waals surface area contributed by atoms with Crippen LogP contribution in [0.1, 0.15) is 16.9 Å². The minimum atomic E-state index is -0.198. The van der Waals surface area contributed by atoms with Gasteiger partial charge in [-0.2, -0.15) is 0 Å². The number of carbonyl (C=O) groups is 2. The van der Waals surface area contributed by atoms with Gasteiger partial charge in [-0.3, -0.25) is 9.78 Å². The van der Waals surface area contributed by atoms with Crippen LogP contribution in [0.4, 0.5) is 10.5 Å². The van der Waals surface area contributed by atoms with E-state index in [1.165, 1.54) is 18.6 Å². The first-order valence-electron chi connectivity index (χ1n) is 8.00. The molecule has 0 saturated carbocycles. The number of rotatable bonds is 2. The first-order valence-corrected chi connectivity index (χ1v) is 8.38. The zero-order valence-corrected chi connectivity index (χ0v) is 14.3. The maximum atomic E-state index is 12.4. The van der Waals surface area contributed by atoms with Gasteiger partial charge in [0.1, 0.15) is 5.69 Å². The molecule has 130 valence electrons. The molecule has 1 saturated heterocycles. The number of amides is 3. The molecule has 1 fully saturated rings. The fraction of sp³-hybridized carbons (Fsp3) is 0.294. The third-order valence-corrected chi connectivity index (χ3v) is 4.16. The van der Waals surface area contributed by atoms with Crippen molar-refractivity contribution < 1.29 is 9.59 Å². The van der Waals surface area contributed by atoms with Crippen LogP contribution in [-0.2, 0) is 0 Å². The van der Waals surface area contributed by atoms with E-state index in [4.69, 9.17) is 11.6 Å². The first kappa shape index (κ1) is 17.2. The maximum absolute atomic E-state index is 12.4. The van der Waals surface area contributed by atoms with E-state index in [2.05, 4.69) is 15.3 Å². The molecular formula is C17H18ClN5O2. The van der Waals surface area contributed by atoms with Crippen molar-refractivity contribution in [2.45, 2.75) is 6.42 Å². The van der Waals surface area contributed by atoms with Crippen molar-refractivity contribution in [1.29, 1.82) is 0 Å². The summed E-state index contributed by atoms with van der Waals surface area (Å²) in [6.07, 6.45) is 5.18. The van der Waals surface area contributed by atoms with E-state index in [0.29, 0.717) is 49.0 Å². The number of carbonyl (C=O) groups excluding carboxylic acids is 2. The van der Waals surface area contributed by atoms with Crippen molar-refractivity contribution >= 4 is 29.2 Å². The monoisotopic (exact) mass is 359 g/mol. The summed E-state index contributed by atoms with van der Waals surface area (Å²) in [4.78, 5) is 36.2. The predicted molar refractivity (Wildman–Crippen MR) is 94.6 cm³/mol. The third-order valence-electron chi connectivity index (χ3n) is 3.93. The van der Waals surface area contributed by atoms with Gasteiger partial charge in [0, 0.05) is 49.3 Å². The third kappa shape index (κ3) is 4.45. The molecule has 1 aromatic heterocycles. The fourth-order valence-corrected chi connectivity index (χ4v) is 2.85. The molecule has 0 bridgehead atoms. The number of nitrogens with one attached hydrogen (secondary N) is 1. The zero-order valence-electron chi connectivity index (χ0n) is 13.6. The molecule has 2 aromatic rings. The molecular weight excluding hydrogens is 342 g/mol. The molecule has 1 N–H and O–H groups in total. The average molecular weight is 360 g/mol. The number of hydrogen-bond acceptors (Lipinski definition) is 4. The Balaban J connectivity index is 1.59. The van der Waals surface area contributed by atoms with Gasteiger partial charge in [0.25, 0.3) is 5.91 Å². The van der Waals surface area contributed by atoms with Crippen molar-refractivity contribution in [2.24, 2.45) is 0 Å². The maximum Gasteiger partial charge on any atom is 0.321 e. The molecule has 3 rings (SSSR count). The molecule has 1 aliphatic heterocycles. The minimum Gasteiger partial charge on any atom is -0.335 e. The highest BCUT2D eigenvalue weighted by Crippen LogP contribution is 2.16. The lowest BCUT2D eigenvalue weighted by Gasteiger charge is -2.22. The second-order valence-electron chi connectivity index (χ2n) is 5.66.